The first kappa shape index (κ1) is 16.5. The summed E-state index contributed by atoms with van der Waals surface area (Å²) in [5.74, 6) is 1.62. The molecular formula is C21H22N4O. The second kappa shape index (κ2) is 7.12. The molecule has 0 spiro atoms. The predicted octanol–water partition coefficient (Wildman–Crippen LogP) is 3.38. The number of pyridine rings is 1. The summed E-state index contributed by atoms with van der Waals surface area (Å²) in [4.78, 5) is 21.3. The van der Waals surface area contributed by atoms with Gasteiger partial charge in [0.1, 0.15) is 11.6 Å². The highest BCUT2D eigenvalue weighted by Gasteiger charge is 2.14. The molecule has 0 saturated carbocycles. The number of carbonyl (C=O) groups is 1. The SMILES string of the molecule is Cc1nccn1-c1ncccc1CNC(=O)c1ccc2c(c1)CCCC2. The van der Waals surface area contributed by atoms with Crippen molar-refractivity contribution in [3.8, 4) is 5.82 Å². The van der Waals surface area contributed by atoms with Gasteiger partial charge in [0.05, 0.1) is 0 Å². The third-order valence-electron chi connectivity index (χ3n) is 4.97. The van der Waals surface area contributed by atoms with Crippen LogP contribution in [-0.4, -0.2) is 20.4 Å². The summed E-state index contributed by atoms with van der Waals surface area (Å²) >= 11 is 0. The minimum absolute atomic E-state index is 0.0458. The fraction of sp³-hybridized carbons (Fsp3) is 0.286. The lowest BCUT2D eigenvalue weighted by atomic mass is 9.90. The molecule has 4 rings (SSSR count). The van der Waals surface area contributed by atoms with Crippen molar-refractivity contribution >= 4 is 5.91 Å². The van der Waals surface area contributed by atoms with Crippen LogP contribution in [0.5, 0.6) is 0 Å². The molecule has 1 aromatic carbocycles. The van der Waals surface area contributed by atoms with Crippen LogP contribution in [0.3, 0.4) is 0 Å². The molecular weight excluding hydrogens is 324 g/mol. The highest BCUT2D eigenvalue weighted by Crippen LogP contribution is 2.22. The highest BCUT2D eigenvalue weighted by molar-refractivity contribution is 5.94. The number of benzene rings is 1. The Bertz CT molecular complexity index is 945. The van der Waals surface area contributed by atoms with Gasteiger partial charge in [-0.05, 0) is 61.9 Å². The number of imidazole rings is 1. The first-order valence-electron chi connectivity index (χ1n) is 9.06. The molecule has 132 valence electrons. The van der Waals surface area contributed by atoms with E-state index in [2.05, 4.69) is 21.4 Å². The maximum absolute atomic E-state index is 12.6. The monoisotopic (exact) mass is 346 g/mol. The first-order valence-corrected chi connectivity index (χ1v) is 9.06. The van der Waals surface area contributed by atoms with Crippen molar-refractivity contribution in [1.29, 1.82) is 0 Å². The quantitative estimate of drug-likeness (QED) is 0.788. The van der Waals surface area contributed by atoms with Crippen LogP contribution in [-0.2, 0) is 19.4 Å². The Kier molecular flexibility index (Phi) is 4.52. The van der Waals surface area contributed by atoms with Crippen molar-refractivity contribution in [2.45, 2.75) is 39.2 Å². The zero-order valence-electron chi connectivity index (χ0n) is 14.9. The van der Waals surface area contributed by atoms with Gasteiger partial charge in [-0.25, -0.2) is 9.97 Å². The molecule has 1 amide bonds. The number of hydrogen-bond acceptors (Lipinski definition) is 3. The largest absolute Gasteiger partial charge is 0.348 e. The van der Waals surface area contributed by atoms with Gasteiger partial charge in [-0.1, -0.05) is 12.1 Å². The average Bonchev–Trinajstić information content (AvgIpc) is 3.11. The first-order chi connectivity index (χ1) is 12.7. The predicted molar refractivity (Wildman–Crippen MR) is 100 cm³/mol. The number of hydrogen-bond donors (Lipinski definition) is 1. The van der Waals surface area contributed by atoms with Gasteiger partial charge in [0.25, 0.3) is 5.91 Å². The van der Waals surface area contributed by atoms with E-state index in [0.29, 0.717) is 6.54 Å². The van der Waals surface area contributed by atoms with E-state index in [9.17, 15) is 4.79 Å². The van der Waals surface area contributed by atoms with Gasteiger partial charge < -0.3 is 5.32 Å². The number of nitrogens with one attached hydrogen (secondary N) is 1. The zero-order valence-corrected chi connectivity index (χ0v) is 14.9. The molecule has 0 aliphatic heterocycles. The number of nitrogens with zero attached hydrogens (tertiary/aromatic N) is 3. The molecule has 5 heteroatoms. The van der Waals surface area contributed by atoms with Gasteiger partial charge in [0.2, 0.25) is 0 Å². The Morgan fingerprint density at radius 1 is 1.12 bits per heavy atom. The van der Waals surface area contributed by atoms with Crippen molar-refractivity contribution in [2.24, 2.45) is 0 Å². The molecule has 0 radical (unpaired) electrons. The minimum atomic E-state index is -0.0458. The van der Waals surface area contributed by atoms with Crippen LogP contribution in [0.15, 0.2) is 48.9 Å². The van der Waals surface area contributed by atoms with Crippen LogP contribution >= 0.6 is 0 Å². The fourth-order valence-corrected chi connectivity index (χ4v) is 3.54. The Balaban J connectivity index is 1.51. The second-order valence-electron chi connectivity index (χ2n) is 6.70. The van der Waals surface area contributed by atoms with Crippen molar-refractivity contribution in [1.82, 2.24) is 19.9 Å². The Labute approximate surface area is 153 Å². The van der Waals surface area contributed by atoms with Gasteiger partial charge >= 0.3 is 0 Å². The number of amides is 1. The van der Waals surface area contributed by atoms with E-state index in [1.54, 1.807) is 12.4 Å². The van der Waals surface area contributed by atoms with Crippen LogP contribution in [0.2, 0.25) is 0 Å². The van der Waals surface area contributed by atoms with Gasteiger partial charge in [0.15, 0.2) is 0 Å². The van der Waals surface area contributed by atoms with E-state index >= 15 is 0 Å². The molecule has 5 nitrogen and oxygen atoms in total. The van der Waals surface area contributed by atoms with Crippen molar-refractivity contribution in [2.75, 3.05) is 0 Å². The maximum atomic E-state index is 12.6. The molecule has 0 unspecified atom stereocenters. The number of aromatic nitrogens is 3. The summed E-state index contributed by atoms with van der Waals surface area (Å²) in [6, 6.07) is 9.95. The zero-order chi connectivity index (χ0) is 17.9. The van der Waals surface area contributed by atoms with Crippen molar-refractivity contribution in [3.05, 3.63) is 77.0 Å². The molecule has 2 heterocycles. The van der Waals surface area contributed by atoms with E-state index in [1.807, 2.05) is 42.0 Å². The second-order valence-corrected chi connectivity index (χ2v) is 6.70. The number of rotatable bonds is 4. The molecule has 0 fully saturated rings. The van der Waals surface area contributed by atoms with Gasteiger partial charge in [0, 0.05) is 36.3 Å². The fourth-order valence-electron chi connectivity index (χ4n) is 3.54. The molecule has 26 heavy (non-hydrogen) atoms. The van der Waals surface area contributed by atoms with E-state index < -0.39 is 0 Å². The van der Waals surface area contributed by atoms with E-state index in [4.69, 9.17) is 0 Å². The maximum Gasteiger partial charge on any atom is 0.251 e. The van der Waals surface area contributed by atoms with E-state index in [0.717, 1.165) is 35.6 Å². The molecule has 0 bridgehead atoms. The van der Waals surface area contributed by atoms with Gasteiger partial charge in [-0.2, -0.15) is 0 Å². The summed E-state index contributed by atoms with van der Waals surface area (Å²) in [5.41, 5.74) is 4.40. The summed E-state index contributed by atoms with van der Waals surface area (Å²) < 4.78 is 1.93. The van der Waals surface area contributed by atoms with Gasteiger partial charge in [-0.15, -0.1) is 0 Å². The third kappa shape index (κ3) is 3.25. The lowest BCUT2D eigenvalue weighted by molar-refractivity contribution is 0.0951. The van der Waals surface area contributed by atoms with Crippen LogP contribution in [0.4, 0.5) is 0 Å². The van der Waals surface area contributed by atoms with E-state index in [1.165, 1.54) is 24.0 Å². The standard InChI is InChI=1S/C21H22N4O/c1-15-22-11-12-25(15)20-19(7-4-10-23-20)14-24-21(26)18-9-8-16-5-2-3-6-17(16)13-18/h4,7-13H,2-3,5-6,14H2,1H3,(H,24,26). The van der Waals surface area contributed by atoms with Crippen LogP contribution in [0.25, 0.3) is 5.82 Å². The number of fused-ring (bicyclic) bond motifs is 1. The van der Waals surface area contributed by atoms with Crippen LogP contribution < -0.4 is 5.32 Å². The molecule has 0 atom stereocenters. The molecule has 2 aromatic heterocycles. The Morgan fingerprint density at radius 2 is 1.96 bits per heavy atom. The summed E-state index contributed by atoms with van der Waals surface area (Å²) in [5, 5.41) is 3.03. The van der Waals surface area contributed by atoms with Crippen LogP contribution in [0.1, 0.15) is 45.7 Å². The molecule has 1 aliphatic rings. The summed E-state index contributed by atoms with van der Waals surface area (Å²) in [7, 11) is 0. The van der Waals surface area contributed by atoms with Crippen molar-refractivity contribution < 1.29 is 4.79 Å². The minimum Gasteiger partial charge on any atom is -0.348 e. The lowest BCUT2D eigenvalue weighted by Gasteiger charge is -2.16. The number of aryl methyl sites for hydroxylation is 3. The molecule has 1 aliphatic carbocycles. The normalized spacial score (nSPS) is 13.3. The smallest absolute Gasteiger partial charge is 0.251 e. The Morgan fingerprint density at radius 3 is 2.77 bits per heavy atom. The number of carbonyl (C=O) groups excluding carboxylic acids is 1. The molecule has 0 saturated heterocycles. The highest BCUT2D eigenvalue weighted by atomic mass is 16.1. The van der Waals surface area contributed by atoms with Gasteiger partial charge in [-0.3, -0.25) is 9.36 Å². The molecule has 1 N–H and O–H groups in total. The molecule has 3 aromatic rings. The van der Waals surface area contributed by atoms with Crippen molar-refractivity contribution in [3.63, 3.8) is 0 Å². The lowest BCUT2D eigenvalue weighted by Crippen LogP contribution is -2.24. The average molecular weight is 346 g/mol. The third-order valence-corrected chi connectivity index (χ3v) is 4.97. The topological polar surface area (TPSA) is 59.8 Å². The van der Waals surface area contributed by atoms with E-state index in [-0.39, 0.29) is 5.91 Å². The summed E-state index contributed by atoms with van der Waals surface area (Å²) in [6.45, 7) is 2.36. The van der Waals surface area contributed by atoms with Crippen LogP contribution in [0, 0.1) is 6.92 Å². The Hall–Kier alpha value is -2.95. The summed E-state index contributed by atoms with van der Waals surface area (Å²) in [6.07, 6.45) is 10.0.